The van der Waals surface area contributed by atoms with Gasteiger partial charge in [-0.1, -0.05) is 30.3 Å². The van der Waals surface area contributed by atoms with Gasteiger partial charge in [-0.05, 0) is 43.7 Å². The molecule has 0 saturated carbocycles. The van der Waals surface area contributed by atoms with E-state index in [1.165, 1.54) is 0 Å². The molecule has 2 amide bonds. The molecule has 1 aromatic heterocycles. The SMILES string of the molecule is CC(C)NC(=O)NCc1ccc(C(=O)OCc2nnc(-c3ccccc3)o2)cc1. The number of amides is 2. The molecule has 0 unspecified atom stereocenters. The summed E-state index contributed by atoms with van der Waals surface area (Å²) in [5, 5.41) is 13.3. The fourth-order valence-corrected chi connectivity index (χ4v) is 2.47. The highest BCUT2D eigenvalue weighted by Gasteiger charge is 2.12. The second kappa shape index (κ2) is 9.50. The second-order valence-corrected chi connectivity index (χ2v) is 6.62. The van der Waals surface area contributed by atoms with Crippen molar-refractivity contribution < 1.29 is 18.7 Å². The summed E-state index contributed by atoms with van der Waals surface area (Å²) >= 11 is 0. The van der Waals surface area contributed by atoms with Crippen molar-refractivity contribution in [2.75, 3.05) is 0 Å². The molecule has 0 atom stereocenters. The molecule has 0 saturated heterocycles. The molecule has 150 valence electrons. The van der Waals surface area contributed by atoms with Gasteiger partial charge in [0, 0.05) is 18.2 Å². The maximum atomic E-state index is 12.2. The van der Waals surface area contributed by atoms with Crippen molar-refractivity contribution in [3.8, 4) is 11.5 Å². The Morgan fingerprint density at radius 2 is 1.76 bits per heavy atom. The first kappa shape index (κ1) is 20.1. The zero-order valence-corrected chi connectivity index (χ0v) is 16.2. The van der Waals surface area contributed by atoms with Crippen LogP contribution in [-0.4, -0.2) is 28.2 Å². The summed E-state index contributed by atoms with van der Waals surface area (Å²) in [4.78, 5) is 23.8. The zero-order chi connectivity index (χ0) is 20.6. The number of rotatable bonds is 7. The number of hydrogen-bond donors (Lipinski definition) is 2. The van der Waals surface area contributed by atoms with Crippen molar-refractivity contribution >= 4 is 12.0 Å². The third kappa shape index (κ3) is 5.90. The zero-order valence-electron chi connectivity index (χ0n) is 16.2. The summed E-state index contributed by atoms with van der Waals surface area (Å²) < 4.78 is 10.7. The molecule has 3 rings (SSSR count). The minimum atomic E-state index is -0.499. The number of nitrogens with one attached hydrogen (secondary N) is 2. The molecule has 0 bridgehead atoms. The van der Waals surface area contributed by atoms with Crippen LogP contribution in [0.15, 0.2) is 59.0 Å². The van der Waals surface area contributed by atoms with Crippen molar-refractivity contribution in [3.05, 3.63) is 71.6 Å². The quantitative estimate of drug-likeness (QED) is 0.596. The highest BCUT2D eigenvalue weighted by atomic mass is 16.5. The summed E-state index contributed by atoms with van der Waals surface area (Å²) in [5.41, 5.74) is 2.05. The topological polar surface area (TPSA) is 106 Å². The lowest BCUT2D eigenvalue weighted by atomic mass is 10.1. The van der Waals surface area contributed by atoms with E-state index in [0.717, 1.165) is 11.1 Å². The Balaban J connectivity index is 1.50. The normalized spacial score (nSPS) is 10.6. The fourth-order valence-electron chi connectivity index (χ4n) is 2.47. The first-order valence-corrected chi connectivity index (χ1v) is 9.19. The van der Waals surface area contributed by atoms with Crippen LogP contribution in [0.5, 0.6) is 0 Å². The van der Waals surface area contributed by atoms with Crippen LogP contribution < -0.4 is 10.6 Å². The molecular weight excluding hydrogens is 372 g/mol. The number of urea groups is 1. The van der Waals surface area contributed by atoms with Gasteiger partial charge in [0.25, 0.3) is 5.89 Å². The molecule has 0 aliphatic carbocycles. The van der Waals surface area contributed by atoms with Gasteiger partial charge in [0.1, 0.15) is 0 Å². The highest BCUT2D eigenvalue weighted by molar-refractivity contribution is 5.89. The average Bonchev–Trinajstić information content (AvgIpc) is 3.20. The lowest BCUT2D eigenvalue weighted by Gasteiger charge is -2.10. The van der Waals surface area contributed by atoms with Crippen LogP contribution in [0.1, 0.15) is 35.7 Å². The van der Waals surface area contributed by atoms with Gasteiger partial charge < -0.3 is 19.8 Å². The Bertz CT molecular complexity index is 952. The summed E-state index contributed by atoms with van der Waals surface area (Å²) in [5.74, 6) is 0.0886. The fraction of sp³-hybridized carbons (Fsp3) is 0.238. The van der Waals surface area contributed by atoms with E-state index < -0.39 is 5.97 Å². The molecule has 2 N–H and O–H groups in total. The van der Waals surface area contributed by atoms with Crippen LogP contribution in [0.3, 0.4) is 0 Å². The van der Waals surface area contributed by atoms with Crippen LogP contribution in [-0.2, 0) is 17.9 Å². The first-order valence-electron chi connectivity index (χ1n) is 9.19. The predicted octanol–water partition coefficient (Wildman–Crippen LogP) is 3.30. The smallest absolute Gasteiger partial charge is 0.338 e. The number of carbonyl (C=O) groups excluding carboxylic acids is 2. The van der Waals surface area contributed by atoms with E-state index in [1.54, 1.807) is 24.3 Å². The van der Waals surface area contributed by atoms with Gasteiger partial charge in [0.15, 0.2) is 6.61 Å². The van der Waals surface area contributed by atoms with Crippen molar-refractivity contribution in [1.29, 1.82) is 0 Å². The molecule has 1 heterocycles. The minimum absolute atomic E-state index is 0.0646. The number of aromatic nitrogens is 2. The summed E-state index contributed by atoms with van der Waals surface area (Å²) in [6, 6.07) is 16.0. The molecule has 2 aromatic carbocycles. The number of esters is 1. The summed E-state index contributed by atoms with van der Waals surface area (Å²) in [6.45, 7) is 4.02. The minimum Gasteiger partial charge on any atom is -0.452 e. The molecule has 3 aromatic rings. The molecule has 0 aliphatic rings. The highest BCUT2D eigenvalue weighted by Crippen LogP contribution is 2.17. The average molecular weight is 394 g/mol. The van der Waals surface area contributed by atoms with Crippen LogP contribution in [0.2, 0.25) is 0 Å². The Labute approximate surface area is 168 Å². The molecular formula is C21H22N4O4. The van der Waals surface area contributed by atoms with Crippen LogP contribution in [0.25, 0.3) is 11.5 Å². The largest absolute Gasteiger partial charge is 0.452 e. The lowest BCUT2D eigenvalue weighted by Crippen LogP contribution is -2.39. The lowest BCUT2D eigenvalue weighted by molar-refractivity contribution is 0.0438. The number of hydrogen-bond acceptors (Lipinski definition) is 6. The van der Waals surface area contributed by atoms with Crippen LogP contribution >= 0.6 is 0 Å². The molecule has 8 nitrogen and oxygen atoms in total. The number of ether oxygens (including phenoxy) is 1. The van der Waals surface area contributed by atoms with E-state index in [4.69, 9.17) is 9.15 Å². The molecule has 8 heteroatoms. The summed E-state index contributed by atoms with van der Waals surface area (Å²) in [6.07, 6.45) is 0. The summed E-state index contributed by atoms with van der Waals surface area (Å²) in [7, 11) is 0. The first-order chi connectivity index (χ1) is 14.0. The third-order valence-corrected chi connectivity index (χ3v) is 3.88. The predicted molar refractivity (Wildman–Crippen MR) is 106 cm³/mol. The van der Waals surface area contributed by atoms with Crippen molar-refractivity contribution in [2.45, 2.75) is 33.0 Å². The second-order valence-electron chi connectivity index (χ2n) is 6.62. The van der Waals surface area contributed by atoms with Gasteiger partial charge in [-0.15, -0.1) is 10.2 Å². The number of carbonyl (C=O) groups is 2. The molecule has 0 fully saturated rings. The molecule has 0 radical (unpaired) electrons. The van der Waals surface area contributed by atoms with E-state index >= 15 is 0 Å². The Morgan fingerprint density at radius 3 is 2.45 bits per heavy atom. The Kier molecular flexibility index (Phi) is 6.57. The monoisotopic (exact) mass is 394 g/mol. The van der Waals surface area contributed by atoms with E-state index in [2.05, 4.69) is 20.8 Å². The van der Waals surface area contributed by atoms with Crippen molar-refractivity contribution in [1.82, 2.24) is 20.8 Å². The standard InChI is InChI=1S/C21H22N4O4/c1-14(2)23-21(27)22-12-15-8-10-17(11-9-15)20(26)28-13-18-24-25-19(29-18)16-6-4-3-5-7-16/h3-11,14H,12-13H2,1-2H3,(H2,22,23,27). The maximum Gasteiger partial charge on any atom is 0.338 e. The van der Waals surface area contributed by atoms with E-state index in [-0.39, 0.29) is 24.6 Å². The van der Waals surface area contributed by atoms with Gasteiger partial charge in [-0.3, -0.25) is 0 Å². The van der Waals surface area contributed by atoms with Crippen LogP contribution in [0, 0.1) is 0 Å². The van der Waals surface area contributed by atoms with Crippen LogP contribution in [0.4, 0.5) is 4.79 Å². The van der Waals surface area contributed by atoms with E-state index in [9.17, 15) is 9.59 Å². The van der Waals surface area contributed by atoms with Gasteiger partial charge in [0.2, 0.25) is 5.89 Å². The van der Waals surface area contributed by atoms with Crippen molar-refractivity contribution in [3.63, 3.8) is 0 Å². The van der Waals surface area contributed by atoms with Crippen molar-refractivity contribution in [2.24, 2.45) is 0 Å². The number of benzene rings is 2. The van der Waals surface area contributed by atoms with Gasteiger partial charge in [-0.25, -0.2) is 9.59 Å². The van der Waals surface area contributed by atoms with E-state index in [1.807, 2.05) is 44.2 Å². The number of nitrogens with zero attached hydrogens (tertiary/aromatic N) is 2. The van der Waals surface area contributed by atoms with Gasteiger partial charge in [0.05, 0.1) is 5.56 Å². The molecule has 0 spiro atoms. The Morgan fingerprint density at radius 1 is 1.03 bits per heavy atom. The van der Waals surface area contributed by atoms with Gasteiger partial charge in [-0.2, -0.15) is 0 Å². The van der Waals surface area contributed by atoms with Gasteiger partial charge >= 0.3 is 12.0 Å². The third-order valence-electron chi connectivity index (χ3n) is 3.88. The molecule has 0 aliphatic heterocycles. The Hall–Kier alpha value is -3.68. The van der Waals surface area contributed by atoms with E-state index in [0.29, 0.717) is 18.0 Å². The molecule has 29 heavy (non-hydrogen) atoms. The maximum absolute atomic E-state index is 12.2.